The summed E-state index contributed by atoms with van der Waals surface area (Å²) >= 11 is 0. The lowest BCUT2D eigenvalue weighted by Crippen LogP contribution is -2.48. The van der Waals surface area contributed by atoms with Crippen LogP contribution in [0.5, 0.6) is 0 Å². The number of carbonyl (C=O) groups is 3. The summed E-state index contributed by atoms with van der Waals surface area (Å²) in [4.78, 5) is 41.4. The fraction of sp³-hybridized carbons (Fsp3) is 0.556. The average Bonchev–Trinajstić information content (AvgIpc) is 2.65. The molecule has 1 fully saturated rings. The van der Waals surface area contributed by atoms with Crippen LogP contribution in [0.4, 0.5) is 5.69 Å². The Labute approximate surface area is 142 Å². The van der Waals surface area contributed by atoms with Crippen LogP contribution in [0.15, 0.2) is 24.5 Å². The van der Waals surface area contributed by atoms with E-state index in [4.69, 9.17) is 0 Å². The molecule has 0 aromatic carbocycles. The zero-order valence-electron chi connectivity index (χ0n) is 14.1. The Kier molecular flexibility index (Phi) is 6.90. The number of anilines is 1. The van der Waals surface area contributed by atoms with Crippen LogP contribution >= 0.6 is 0 Å². The van der Waals surface area contributed by atoms with Gasteiger partial charge in [0.1, 0.15) is 6.04 Å². The molecule has 1 atom stereocenters. The van der Waals surface area contributed by atoms with Crippen LogP contribution in [0.1, 0.15) is 45.4 Å². The number of Topliss-reactive ketones (excluding diaryl/α,β-unsaturated/α-hetero) is 1. The largest absolute Gasteiger partial charge is 0.349 e. The number of amides is 2. The smallest absolute Gasteiger partial charge is 0.289 e. The lowest BCUT2D eigenvalue weighted by Gasteiger charge is -2.26. The van der Waals surface area contributed by atoms with Crippen LogP contribution in [0, 0.1) is 5.92 Å². The quantitative estimate of drug-likeness (QED) is 0.584. The summed E-state index contributed by atoms with van der Waals surface area (Å²) in [6, 6.07) is 2.57. The molecular weight excluding hydrogens is 306 g/mol. The van der Waals surface area contributed by atoms with Crippen molar-refractivity contribution in [1.82, 2.24) is 10.3 Å². The van der Waals surface area contributed by atoms with Gasteiger partial charge in [0.15, 0.2) is 0 Å². The first-order valence-corrected chi connectivity index (χ1v) is 8.63. The predicted octanol–water partition coefficient (Wildman–Crippen LogP) is 2.09. The van der Waals surface area contributed by atoms with E-state index in [0.29, 0.717) is 31.0 Å². The van der Waals surface area contributed by atoms with Gasteiger partial charge in [-0.15, -0.1) is 0 Å². The van der Waals surface area contributed by atoms with Crippen molar-refractivity contribution in [3.63, 3.8) is 0 Å². The first-order chi connectivity index (χ1) is 11.7. The minimum Gasteiger partial charge on any atom is -0.349 e. The Morgan fingerprint density at radius 2 is 2.12 bits per heavy atom. The van der Waals surface area contributed by atoms with E-state index >= 15 is 0 Å². The van der Waals surface area contributed by atoms with E-state index in [1.54, 1.807) is 25.3 Å². The highest BCUT2D eigenvalue weighted by Crippen LogP contribution is 2.22. The van der Waals surface area contributed by atoms with Crippen molar-refractivity contribution < 1.29 is 14.4 Å². The normalized spacial score (nSPS) is 16.2. The van der Waals surface area contributed by atoms with Gasteiger partial charge in [-0.05, 0) is 37.3 Å². The van der Waals surface area contributed by atoms with Gasteiger partial charge >= 0.3 is 0 Å². The summed E-state index contributed by atoms with van der Waals surface area (Å²) in [5.74, 6) is -0.733. The molecule has 1 aromatic rings. The summed E-state index contributed by atoms with van der Waals surface area (Å²) in [5, 5.41) is 2.75. The molecular formula is C18H25N3O3. The molecule has 2 rings (SSSR count). The van der Waals surface area contributed by atoms with Crippen molar-refractivity contribution >= 4 is 23.8 Å². The van der Waals surface area contributed by atoms with Gasteiger partial charge in [-0.2, -0.15) is 0 Å². The summed E-state index contributed by atoms with van der Waals surface area (Å²) in [6.45, 7) is 2.32. The molecule has 2 amide bonds. The Morgan fingerprint density at radius 1 is 1.38 bits per heavy atom. The van der Waals surface area contributed by atoms with Crippen LogP contribution in [0.25, 0.3) is 0 Å². The summed E-state index contributed by atoms with van der Waals surface area (Å²) in [6.07, 6.45) is 9.86. The van der Waals surface area contributed by atoms with Gasteiger partial charge < -0.3 is 10.2 Å². The Balaban J connectivity index is 1.98. The predicted molar refractivity (Wildman–Crippen MR) is 91.5 cm³/mol. The van der Waals surface area contributed by atoms with E-state index < -0.39 is 17.7 Å². The third-order valence-corrected chi connectivity index (χ3v) is 4.58. The standard InChI is InChI=1S/C18H25N3O3/c1-2-16(21(13-22)15-9-6-10-19-12-15)17(23)18(24)20-11-14-7-4-3-5-8-14/h6,9-10,12-14,16H,2-5,7-8,11H2,1H3,(H,20,24). The molecule has 1 aliphatic rings. The van der Waals surface area contributed by atoms with Gasteiger partial charge in [-0.3, -0.25) is 19.4 Å². The maximum Gasteiger partial charge on any atom is 0.289 e. The third kappa shape index (κ3) is 4.63. The number of rotatable bonds is 8. The number of ketones is 1. The molecule has 0 spiro atoms. The van der Waals surface area contributed by atoms with Gasteiger partial charge in [0.05, 0.1) is 11.9 Å². The van der Waals surface area contributed by atoms with Gasteiger partial charge in [-0.25, -0.2) is 0 Å². The molecule has 0 saturated heterocycles. The highest BCUT2D eigenvalue weighted by Gasteiger charge is 2.30. The van der Waals surface area contributed by atoms with E-state index in [9.17, 15) is 14.4 Å². The molecule has 6 heteroatoms. The fourth-order valence-corrected chi connectivity index (χ4v) is 3.20. The highest BCUT2D eigenvalue weighted by atomic mass is 16.2. The summed E-state index contributed by atoms with van der Waals surface area (Å²) in [7, 11) is 0. The Morgan fingerprint density at radius 3 is 2.71 bits per heavy atom. The second kappa shape index (κ2) is 9.15. The van der Waals surface area contributed by atoms with Crippen molar-refractivity contribution in [2.24, 2.45) is 5.92 Å². The third-order valence-electron chi connectivity index (χ3n) is 4.58. The molecule has 1 unspecified atom stereocenters. The summed E-state index contributed by atoms with van der Waals surface area (Å²) in [5.41, 5.74) is 0.507. The number of hydrogen-bond acceptors (Lipinski definition) is 4. The van der Waals surface area contributed by atoms with Gasteiger partial charge in [-0.1, -0.05) is 26.2 Å². The van der Waals surface area contributed by atoms with Crippen molar-refractivity contribution in [3.8, 4) is 0 Å². The molecule has 1 aliphatic carbocycles. The number of carbonyl (C=O) groups excluding carboxylic acids is 3. The topological polar surface area (TPSA) is 79.4 Å². The van der Waals surface area contributed by atoms with E-state index in [1.807, 2.05) is 0 Å². The average molecular weight is 331 g/mol. The van der Waals surface area contributed by atoms with Gasteiger partial charge in [0, 0.05) is 12.7 Å². The molecule has 1 aromatic heterocycles. The number of nitrogens with one attached hydrogen (secondary N) is 1. The van der Waals surface area contributed by atoms with Gasteiger partial charge in [0.25, 0.3) is 5.91 Å². The number of hydrogen-bond donors (Lipinski definition) is 1. The lowest BCUT2D eigenvalue weighted by molar-refractivity contribution is -0.139. The van der Waals surface area contributed by atoms with Gasteiger partial charge in [0.2, 0.25) is 12.2 Å². The zero-order chi connectivity index (χ0) is 17.4. The van der Waals surface area contributed by atoms with E-state index in [2.05, 4.69) is 10.3 Å². The van der Waals surface area contributed by atoms with Crippen LogP contribution in [0.3, 0.4) is 0 Å². The van der Waals surface area contributed by atoms with Crippen LogP contribution in [-0.2, 0) is 14.4 Å². The van der Waals surface area contributed by atoms with Crippen LogP contribution in [-0.4, -0.2) is 35.7 Å². The van der Waals surface area contributed by atoms with Crippen molar-refractivity contribution in [2.45, 2.75) is 51.5 Å². The Bertz CT molecular complexity index is 556. The summed E-state index contributed by atoms with van der Waals surface area (Å²) < 4.78 is 0. The van der Waals surface area contributed by atoms with Crippen molar-refractivity contribution in [1.29, 1.82) is 0 Å². The lowest BCUT2D eigenvalue weighted by atomic mass is 9.89. The Hall–Kier alpha value is -2.24. The first-order valence-electron chi connectivity index (χ1n) is 8.63. The second-order valence-electron chi connectivity index (χ2n) is 6.23. The first kappa shape index (κ1) is 18.1. The minimum absolute atomic E-state index is 0.364. The second-order valence-corrected chi connectivity index (χ2v) is 6.23. The SMILES string of the molecule is CCC(C(=O)C(=O)NCC1CCCCC1)N(C=O)c1cccnc1. The fourth-order valence-electron chi connectivity index (χ4n) is 3.20. The molecule has 6 nitrogen and oxygen atoms in total. The molecule has 24 heavy (non-hydrogen) atoms. The van der Waals surface area contributed by atoms with Crippen molar-refractivity contribution in [3.05, 3.63) is 24.5 Å². The zero-order valence-corrected chi connectivity index (χ0v) is 14.1. The molecule has 130 valence electrons. The minimum atomic E-state index is -0.807. The molecule has 0 radical (unpaired) electrons. The maximum atomic E-state index is 12.5. The maximum absolute atomic E-state index is 12.5. The van der Waals surface area contributed by atoms with E-state index in [0.717, 1.165) is 12.8 Å². The van der Waals surface area contributed by atoms with Crippen LogP contribution in [0.2, 0.25) is 0 Å². The molecule has 1 heterocycles. The van der Waals surface area contributed by atoms with E-state index in [1.165, 1.54) is 30.4 Å². The molecule has 0 bridgehead atoms. The number of pyridine rings is 1. The molecule has 0 aliphatic heterocycles. The highest BCUT2D eigenvalue weighted by molar-refractivity contribution is 6.39. The van der Waals surface area contributed by atoms with Crippen molar-refractivity contribution in [2.75, 3.05) is 11.4 Å². The number of aromatic nitrogens is 1. The monoisotopic (exact) mass is 331 g/mol. The molecule has 1 N–H and O–H groups in total. The molecule has 1 saturated carbocycles. The van der Waals surface area contributed by atoms with Crippen LogP contribution < -0.4 is 10.2 Å². The number of nitrogens with zero attached hydrogens (tertiary/aromatic N) is 2. The van der Waals surface area contributed by atoms with E-state index in [-0.39, 0.29) is 0 Å².